The quantitative estimate of drug-likeness (QED) is 0.196. The Bertz CT molecular complexity index is 1320. The van der Waals surface area contributed by atoms with Gasteiger partial charge in [-0.05, 0) is 37.3 Å². The van der Waals surface area contributed by atoms with E-state index in [2.05, 4.69) is 10.3 Å². The zero-order valence-electron chi connectivity index (χ0n) is 17.6. The van der Waals surface area contributed by atoms with Crippen LogP contribution in [-0.2, 0) is 4.79 Å². The summed E-state index contributed by atoms with van der Waals surface area (Å²) in [6, 6.07) is 21.1. The number of nitro groups is 1. The van der Waals surface area contributed by atoms with Crippen LogP contribution in [0.25, 0.3) is 16.9 Å². The second-order valence-electron chi connectivity index (χ2n) is 7.25. The Balaban J connectivity index is 1.64. The number of non-ortho nitro benzene ring substituents is 1. The Morgan fingerprint density at radius 3 is 2.61 bits per heavy atom. The van der Waals surface area contributed by atoms with Gasteiger partial charge in [0.15, 0.2) is 5.16 Å². The number of hydrogen-bond acceptors (Lipinski definition) is 5. The number of nitro benzene ring substituents is 1. The fraction of sp³-hybridized carbons (Fsp3) is 0.0833. The molecular weight excluding hydrogens is 460 g/mol. The molecule has 3 aromatic carbocycles. The van der Waals surface area contributed by atoms with Crippen LogP contribution in [0.1, 0.15) is 5.56 Å². The Morgan fingerprint density at radius 1 is 1.12 bits per heavy atom. The van der Waals surface area contributed by atoms with Gasteiger partial charge in [0.05, 0.1) is 22.6 Å². The van der Waals surface area contributed by atoms with Crippen molar-refractivity contribution in [2.45, 2.75) is 12.1 Å². The lowest BCUT2D eigenvalue weighted by molar-refractivity contribution is -0.384. The Hall–Kier alpha value is -3.62. The number of aryl methyl sites for hydroxylation is 1. The Morgan fingerprint density at radius 2 is 1.88 bits per heavy atom. The van der Waals surface area contributed by atoms with Gasteiger partial charge in [0, 0.05) is 34.1 Å². The first-order chi connectivity index (χ1) is 15.9. The summed E-state index contributed by atoms with van der Waals surface area (Å²) in [4.78, 5) is 27.8. The number of hydrogen-bond donors (Lipinski definition) is 1. The Kier molecular flexibility index (Phi) is 6.76. The summed E-state index contributed by atoms with van der Waals surface area (Å²) in [6.45, 7) is 1.98. The molecule has 0 saturated heterocycles. The molecule has 33 heavy (non-hydrogen) atoms. The first-order valence-electron chi connectivity index (χ1n) is 9.98. The van der Waals surface area contributed by atoms with Crippen LogP contribution in [-0.4, -0.2) is 26.1 Å². The van der Waals surface area contributed by atoms with Crippen LogP contribution in [0, 0.1) is 17.0 Å². The summed E-state index contributed by atoms with van der Waals surface area (Å²) < 4.78 is 1.84. The molecule has 9 heteroatoms. The highest BCUT2D eigenvalue weighted by Crippen LogP contribution is 2.32. The van der Waals surface area contributed by atoms with Crippen molar-refractivity contribution in [2.75, 3.05) is 11.1 Å². The maximum Gasteiger partial charge on any atom is 0.270 e. The van der Waals surface area contributed by atoms with Crippen LogP contribution in [0.5, 0.6) is 0 Å². The standard InChI is InChI=1S/C24H19ClN4O3S/c1-16-8-10-19(11-9-16)27-23(30)15-33-24-26-14-22(17-4-2-7-21(12-17)29(31)32)28(24)20-6-3-5-18(25)13-20/h2-14H,15H2,1H3,(H,27,30). The molecule has 166 valence electrons. The van der Waals surface area contributed by atoms with Crippen LogP contribution >= 0.6 is 23.4 Å². The number of carbonyl (C=O) groups is 1. The van der Waals surface area contributed by atoms with Crippen molar-refractivity contribution in [1.82, 2.24) is 9.55 Å². The lowest BCUT2D eigenvalue weighted by Crippen LogP contribution is -2.14. The minimum absolute atomic E-state index is 0.0157. The van der Waals surface area contributed by atoms with E-state index in [0.717, 1.165) is 16.9 Å². The van der Waals surface area contributed by atoms with Crippen molar-refractivity contribution >= 4 is 40.6 Å². The van der Waals surface area contributed by atoms with Gasteiger partial charge in [-0.15, -0.1) is 0 Å². The van der Waals surface area contributed by atoms with Crippen molar-refractivity contribution in [3.05, 3.63) is 99.7 Å². The van der Waals surface area contributed by atoms with Gasteiger partial charge in [-0.2, -0.15) is 0 Å². The minimum atomic E-state index is -0.436. The lowest BCUT2D eigenvalue weighted by atomic mass is 10.1. The van der Waals surface area contributed by atoms with E-state index in [1.54, 1.807) is 30.5 Å². The molecule has 0 aliphatic carbocycles. The zero-order chi connectivity index (χ0) is 23.4. The van der Waals surface area contributed by atoms with Crippen LogP contribution in [0.4, 0.5) is 11.4 Å². The van der Waals surface area contributed by atoms with Crippen molar-refractivity contribution in [3.8, 4) is 16.9 Å². The maximum absolute atomic E-state index is 12.5. The SMILES string of the molecule is Cc1ccc(NC(=O)CSc2ncc(-c3cccc([N+](=O)[O-])c3)n2-c2cccc(Cl)c2)cc1. The molecule has 0 saturated carbocycles. The van der Waals surface area contributed by atoms with Crippen molar-refractivity contribution < 1.29 is 9.72 Å². The molecule has 0 radical (unpaired) electrons. The molecule has 4 rings (SSSR count). The van der Waals surface area contributed by atoms with Crippen molar-refractivity contribution in [2.24, 2.45) is 0 Å². The number of aromatic nitrogens is 2. The number of anilines is 1. The van der Waals surface area contributed by atoms with Gasteiger partial charge in [0.1, 0.15) is 0 Å². The highest BCUT2D eigenvalue weighted by molar-refractivity contribution is 7.99. The van der Waals surface area contributed by atoms with Crippen LogP contribution < -0.4 is 5.32 Å². The van der Waals surface area contributed by atoms with E-state index in [4.69, 9.17) is 11.6 Å². The van der Waals surface area contributed by atoms with Crippen LogP contribution in [0.15, 0.2) is 84.1 Å². The van der Waals surface area contributed by atoms with Gasteiger partial charge in [-0.25, -0.2) is 4.98 Å². The second-order valence-corrected chi connectivity index (χ2v) is 8.63. The molecule has 0 aliphatic rings. The molecule has 0 spiro atoms. The highest BCUT2D eigenvalue weighted by Gasteiger charge is 2.17. The minimum Gasteiger partial charge on any atom is -0.325 e. The van der Waals surface area contributed by atoms with Gasteiger partial charge >= 0.3 is 0 Å². The van der Waals surface area contributed by atoms with Gasteiger partial charge in [-0.1, -0.05) is 59.3 Å². The average Bonchev–Trinajstić information content (AvgIpc) is 3.23. The first kappa shape index (κ1) is 22.6. The topological polar surface area (TPSA) is 90.1 Å². The molecule has 0 fully saturated rings. The van der Waals surface area contributed by atoms with Gasteiger partial charge in [0.2, 0.25) is 5.91 Å². The number of benzene rings is 3. The number of thioether (sulfide) groups is 1. The molecule has 7 nitrogen and oxygen atoms in total. The smallest absolute Gasteiger partial charge is 0.270 e. The summed E-state index contributed by atoms with van der Waals surface area (Å²) in [6.07, 6.45) is 1.64. The molecule has 0 unspecified atom stereocenters. The maximum atomic E-state index is 12.5. The number of imidazole rings is 1. The molecular formula is C24H19ClN4O3S. The molecule has 4 aromatic rings. The third-order valence-electron chi connectivity index (χ3n) is 4.82. The fourth-order valence-electron chi connectivity index (χ4n) is 3.25. The molecule has 1 aromatic heterocycles. The lowest BCUT2D eigenvalue weighted by Gasteiger charge is -2.12. The zero-order valence-corrected chi connectivity index (χ0v) is 19.1. The van der Waals surface area contributed by atoms with Crippen LogP contribution in [0.3, 0.4) is 0 Å². The van der Waals surface area contributed by atoms with E-state index >= 15 is 0 Å². The molecule has 1 N–H and O–H groups in total. The summed E-state index contributed by atoms with van der Waals surface area (Å²) in [5.74, 6) is -0.0267. The third kappa shape index (κ3) is 5.42. The molecule has 1 amide bonds. The third-order valence-corrected chi connectivity index (χ3v) is 6.00. The van der Waals surface area contributed by atoms with Gasteiger partial charge in [0.25, 0.3) is 5.69 Å². The number of amides is 1. The van der Waals surface area contributed by atoms with Crippen molar-refractivity contribution in [1.29, 1.82) is 0 Å². The number of carbonyl (C=O) groups excluding carboxylic acids is 1. The van der Waals surface area contributed by atoms with E-state index in [1.807, 2.05) is 47.9 Å². The highest BCUT2D eigenvalue weighted by atomic mass is 35.5. The molecule has 0 aliphatic heterocycles. The normalized spacial score (nSPS) is 10.7. The summed E-state index contributed by atoms with van der Waals surface area (Å²) >= 11 is 7.48. The number of halogens is 1. The number of nitrogens with one attached hydrogen (secondary N) is 1. The van der Waals surface area contributed by atoms with Gasteiger partial charge in [-0.3, -0.25) is 19.5 Å². The molecule has 0 atom stereocenters. The fourth-order valence-corrected chi connectivity index (χ4v) is 4.22. The van der Waals surface area contributed by atoms with E-state index in [9.17, 15) is 14.9 Å². The first-order valence-corrected chi connectivity index (χ1v) is 11.3. The molecule has 1 heterocycles. The van der Waals surface area contributed by atoms with E-state index < -0.39 is 4.92 Å². The molecule has 0 bridgehead atoms. The van der Waals surface area contributed by atoms with E-state index in [-0.39, 0.29) is 17.3 Å². The van der Waals surface area contributed by atoms with Gasteiger partial charge < -0.3 is 5.32 Å². The Labute approximate surface area is 199 Å². The van der Waals surface area contributed by atoms with Crippen molar-refractivity contribution in [3.63, 3.8) is 0 Å². The average molecular weight is 479 g/mol. The van der Waals surface area contributed by atoms with E-state index in [1.165, 1.54) is 23.9 Å². The predicted molar refractivity (Wildman–Crippen MR) is 131 cm³/mol. The number of rotatable bonds is 7. The monoisotopic (exact) mass is 478 g/mol. The second kappa shape index (κ2) is 9.89. The largest absolute Gasteiger partial charge is 0.325 e. The van der Waals surface area contributed by atoms with Crippen LogP contribution in [0.2, 0.25) is 5.02 Å². The van der Waals surface area contributed by atoms with E-state index in [0.29, 0.717) is 21.4 Å². The number of nitrogens with zero attached hydrogens (tertiary/aromatic N) is 3. The summed E-state index contributed by atoms with van der Waals surface area (Å²) in [5, 5.41) is 15.2. The summed E-state index contributed by atoms with van der Waals surface area (Å²) in [7, 11) is 0. The predicted octanol–water partition coefficient (Wildman–Crippen LogP) is 6.14. The summed E-state index contributed by atoms with van der Waals surface area (Å²) in [5.41, 5.74) is 3.84.